The number of morpholine rings is 1. The maximum absolute atomic E-state index is 13.3. The Labute approximate surface area is 179 Å². The summed E-state index contributed by atoms with van der Waals surface area (Å²) in [5, 5.41) is 2.76. The Morgan fingerprint density at radius 3 is 2.65 bits per heavy atom. The fraction of sp³-hybridized carbons (Fsp3) is 0.500. The van der Waals surface area contributed by atoms with E-state index in [1.54, 1.807) is 0 Å². The van der Waals surface area contributed by atoms with Crippen LogP contribution in [-0.2, 0) is 22.8 Å². The molecule has 1 aromatic carbocycles. The Kier molecular flexibility index (Phi) is 6.24. The summed E-state index contributed by atoms with van der Waals surface area (Å²) in [5.74, 6) is -0.310. The van der Waals surface area contributed by atoms with Gasteiger partial charge in [0.15, 0.2) is 0 Å². The standard InChI is InChI=1S/C22H27F3N4O2/c1-27-8-2-4-19(27)20-5-3-9-29(20)15-21(30)26-17-14-16(22(23,24)25)6-7-18(17)28-10-12-31-13-11-28/h2,4,6-8,14,20H,3,5,9-13,15H2,1H3,(H,26,30)/t20-/m0/s1. The summed E-state index contributed by atoms with van der Waals surface area (Å²) in [7, 11) is 1.98. The molecule has 1 N–H and O–H groups in total. The van der Waals surface area contributed by atoms with Gasteiger partial charge in [0.25, 0.3) is 0 Å². The van der Waals surface area contributed by atoms with Gasteiger partial charge < -0.3 is 19.5 Å². The normalized spacial score (nSPS) is 20.3. The van der Waals surface area contributed by atoms with E-state index in [2.05, 4.69) is 10.2 Å². The van der Waals surface area contributed by atoms with Crippen LogP contribution in [0.5, 0.6) is 0 Å². The third-order valence-corrected chi connectivity index (χ3v) is 5.99. The second-order valence-electron chi connectivity index (χ2n) is 8.05. The van der Waals surface area contributed by atoms with Crippen LogP contribution in [0.1, 0.15) is 30.1 Å². The lowest BCUT2D eigenvalue weighted by molar-refractivity contribution is -0.137. The summed E-state index contributed by atoms with van der Waals surface area (Å²) >= 11 is 0. The van der Waals surface area contributed by atoms with Crippen molar-refractivity contribution < 1.29 is 22.7 Å². The smallest absolute Gasteiger partial charge is 0.378 e. The van der Waals surface area contributed by atoms with E-state index in [9.17, 15) is 18.0 Å². The van der Waals surface area contributed by atoms with Crippen molar-refractivity contribution in [2.24, 2.45) is 7.05 Å². The van der Waals surface area contributed by atoms with Crippen LogP contribution in [0.2, 0.25) is 0 Å². The van der Waals surface area contributed by atoms with E-state index in [4.69, 9.17) is 4.74 Å². The lowest BCUT2D eigenvalue weighted by atomic mass is 10.1. The van der Waals surface area contributed by atoms with Crippen molar-refractivity contribution >= 4 is 17.3 Å². The van der Waals surface area contributed by atoms with Crippen LogP contribution in [0.25, 0.3) is 0 Å². The van der Waals surface area contributed by atoms with Gasteiger partial charge >= 0.3 is 6.18 Å². The largest absolute Gasteiger partial charge is 0.416 e. The summed E-state index contributed by atoms with van der Waals surface area (Å²) < 4.78 is 47.3. The highest BCUT2D eigenvalue weighted by atomic mass is 19.4. The van der Waals surface area contributed by atoms with Crippen LogP contribution in [0.4, 0.5) is 24.5 Å². The van der Waals surface area contributed by atoms with Crippen molar-refractivity contribution in [3.63, 3.8) is 0 Å². The number of ether oxygens (including phenoxy) is 1. The first-order valence-electron chi connectivity index (χ1n) is 10.5. The van der Waals surface area contributed by atoms with Gasteiger partial charge in [-0.15, -0.1) is 0 Å². The fourth-order valence-corrected chi connectivity index (χ4v) is 4.44. The number of likely N-dealkylation sites (tertiary alicyclic amines) is 1. The Balaban J connectivity index is 1.52. The Morgan fingerprint density at radius 2 is 1.97 bits per heavy atom. The van der Waals surface area contributed by atoms with Gasteiger partial charge in [0.2, 0.25) is 5.91 Å². The van der Waals surface area contributed by atoms with E-state index < -0.39 is 11.7 Å². The number of benzene rings is 1. The number of aromatic nitrogens is 1. The third-order valence-electron chi connectivity index (χ3n) is 5.99. The minimum absolute atomic E-state index is 0.131. The number of aryl methyl sites for hydroxylation is 1. The molecule has 3 heterocycles. The van der Waals surface area contributed by atoms with Crippen LogP contribution in [0.15, 0.2) is 36.5 Å². The third kappa shape index (κ3) is 4.88. The first-order chi connectivity index (χ1) is 14.8. The Morgan fingerprint density at radius 1 is 1.19 bits per heavy atom. The molecule has 0 spiro atoms. The molecule has 168 valence electrons. The lowest BCUT2D eigenvalue weighted by Crippen LogP contribution is -2.37. The predicted molar refractivity (Wildman–Crippen MR) is 112 cm³/mol. The van der Waals surface area contributed by atoms with Crippen LogP contribution in [0.3, 0.4) is 0 Å². The zero-order valence-corrected chi connectivity index (χ0v) is 17.5. The second-order valence-corrected chi connectivity index (χ2v) is 8.05. The number of nitrogens with one attached hydrogen (secondary N) is 1. The Hall–Kier alpha value is -2.52. The molecule has 4 rings (SSSR count). The molecule has 1 amide bonds. The number of carbonyl (C=O) groups is 1. The zero-order chi connectivity index (χ0) is 22.0. The van der Waals surface area contributed by atoms with Crippen molar-refractivity contribution in [1.82, 2.24) is 9.47 Å². The van der Waals surface area contributed by atoms with Crippen LogP contribution < -0.4 is 10.2 Å². The number of amides is 1. The molecule has 0 radical (unpaired) electrons. The van der Waals surface area contributed by atoms with Crippen LogP contribution in [0, 0.1) is 0 Å². The van der Waals surface area contributed by atoms with Gasteiger partial charge in [-0.1, -0.05) is 0 Å². The number of carbonyl (C=O) groups excluding carboxylic acids is 1. The molecule has 0 unspecified atom stereocenters. The highest BCUT2D eigenvalue weighted by Crippen LogP contribution is 2.36. The maximum Gasteiger partial charge on any atom is 0.416 e. The van der Waals surface area contributed by atoms with Crippen molar-refractivity contribution in [3.05, 3.63) is 47.8 Å². The first-order valence-corrected chi connectivity index (χ1v) is 10.5. The van der Waals surface area contributed by atoms with Crippen molar-refractivity contribution in [1.29, 1.82) is 0 Å². The van der Waals surface area contributed by atoms with Crippen molar-refractivity contribution in [2.75, 3.05) is 49.6 Å². The molecule has 2 aliphatic rings. The first kappa shape index (κ1) is 21.7. The van der Waals surface area contributed by atoms with Crippen LogP contribution >= 0.6 is 0 Å². The molecule has 0 bridgehead atoms. The molecule has 2 saturated heterocycles. The predicted octanol–water partition coefficient (Wildman–Crippen LogP) is 3.66. The number of anilines is 2. The van der Waals surface area contributed by atoms with E-state index in [0.29, 0.717) is 32.0 Å². The van der Waals surface area contributed by atoms with Crippen molar-refractivity contribution in [3.8, 4) is 0 Å². The molecule has 2 aromatic rings. The Bertz CT molecular complexity index is 922. The number of hydrogen-bond donors (Lipinski definition) is 1. The minimum Gasteiger partial charge on any atom is -0.378 e. The average Bonchev–Trinajstić information content (AvgIpc) is 3.36. The van der Waals surface area contributed by atoms with Gasteiger partial charge in [-0.2, -0.15) is 13.2 Å². The number of halogens is 3. The molecule has 2 fully saturated rings. The molecule has 1 atom stereocenters. The molecular weight excluding hydrogens is 409 g/mol. The maximum atomic E-state index is 13.3. The zero-order valence-electron chi connectivity index (χ0n) is 17.5. The van der Waals surface area contributed by atoms with Gasteiger partial charge in [-0.05, 0) is 49.7 Å². The lowest BCUT2D eigenvalue weighted by Gasteiger charge is -2.31. The summed E-state index contributed by atoms with van der Waals surface area (Å²) in [6.45, 7) is 3.05. The highest BCUT2D eigenvalue weighted by molar-refractivity contribution is 5.96. The van der Waals surface area contributed by atoms with Crippen LogP contribution in [-0.4, -0.2) is 54.8 Å². The highest BCUT2D eigenvalue weighted by Gasteiger charge is 2.33. The summed E-state index contributed by atoms with van der Waals surface area (Å²) in [6, 6.07) is 7.68. The SMILES string of the molecule is Cn1cccc1[C@@H]1CCCN1CC(=O)Nc1cc(C(F)(F)F)ccc1N1CCOCC1. The van der Waals surface area contributed by atoms with E-state index in [1.807, 2.05) is 34.8 Å². The molecule has 0 aliphatic carbocycles. The van der Waals surface area contributed by atoms with E-state index in [0.717, 1.165) is 37.2 Å². The minimum atomic E-state index is -4.48. The van der Waals surface area contributed by atoms with Gasteiger partial charge in [-0.25, -0.2) is 0 Å². The quantitative estimate of drug-likeness (QED) is 0.778. The second kappa shape index (κ2) is 8.92. The molecule has 6 nitrogen and oxygen atoms in total. The average molecular weight is 436 g/mol. The van der Waals surface area contributed by atoms with E-state index >= 15 is 0 Å². The molecule has 31 heavy (non-hydrogen) atoms. The molecule has 2 aliphatic heterocycles. The van der Waals surface area contributed by atoms with Crippen molar-refractivity contribution in [2.45, 2.75) is 25.1 Å². The summed E-state index contributed by atoms with van der Waals surface area (Å²) in [4.78, 5) is 16.9. The van der Waals surface area contributed by atoms with Gasteiger partial charge in [-0.3, -0.25) is 9.69 Å². The summed E-state index contributed by atoms with van der Waals surface area (Å²) in [5.41, 5.74) is 1.14. The molecule has 0 saturated carbocycles. The topological polar surface area (TPSA) is 49.7 Å². The molecule has 1 aromatic heterocycles. The molecule has 9 heteroatoms. The number of alkyl halides is 3. The van der Waals surface area contributed by atoms with Gasteiger partial charge in [0.1, 0.15) is 0 Å². The number of nitrogens with zero attached hydrogens (tertiary/aromatic N) is 3. The van der Waals surface area contributed by atoms with Gasteiger partial charge in [0, 0.05) is 32.0 Å². The number of hydrogen-bond acceptors (Lipinski definition) is 4. The fourth-order valence-electron chi connectivity index (χ4n) is 4.44. The summed E-state index contributed by atoms with van der Waals surface area (Å²) in [6.07, 6.45) is -0.571. The monoisotopic (exact) mass is 436 g/mol. The van der Waals surface area contributed by atoms with Gasteiger partial charge in [0.05, 0.1) is 42.7 Å². The number of rotatable bonds is 5. The van der Waals surface area contributed by atoms with E-state index in [-0.39, 0.29) is 24.2 Å². The molecular formula is C22H27F3N4O2. The van der Waals surface area contributed by atoms with E-state index in [1.165, 1.54) is 6.07 Å².